The predicted molar refractivity (Wildman–Crippen MR) is 108 cm³/mol. The maximum absolute atomic E-state index is 13.2. The van der Waals surface area contributed by atoms with Crippen molar-refractivity contribution in [2.75, 3.05) is 13.7 Å². The smallest absolute Gasteiger partial charge is 0.257 e. The van der Waals surface area contributed by atoms with Crippen LogP contribution in [-0.2, 0) is 11.3 Å². The zero-order valence-electron chi connectivity index (χ0n) is 16.0. The van der Waals surface area contributed by atoms with Crippen LogP contribution in [0.15, 0.2) is 36.0 Å². The summed E-state index contributed by atoms with van der Waals surface area (Å²) in [6.07, 6.45) is 6.56. The Morgan fingerprint density at radius 3 is 3.00 bits per heavy atom. The highest BCUT2D eigenvalue weighted by atomic mass is 32.1. The first-order valence-corrected chi connectivity index (χ1v) is 10.3. The minimum atomic E-state index is -0.0000820. The van der Waals surface area contributed by atoms with Gasteiger partial charge >= 0.3 is 0 Å². The van der Waals surface area contributed by atoms with Crippen molar-refractivity contribution in [3.63, 3.8) is 0 Å². The summed E-state index contributed by atoms with van der Waals surface area (Å²) in [5.41, 5.74) is 2.06. The number of nitrogens with zero attached hydrogens (tertiary/aromatic N) is 5. The van der Waals surface area contributed by atoms with Crippen molar-refractivity contribution in [3.8, 4) is 16.5 Å². The van der Waals surface area contributed by atoms with E-state index in [0.29, 0.717) is 17.2 Å². The van der Waals surface area contributed by atoms with E-state index >= 15 is 0 Å². The van der Waals surface area contributed by atoms with Crippen LogP contribution in [0.1, 0.15) is 42.2 Å². The number of rotatable bonds is 5. The Bertz CT molecular complexity index is 953. The van der Waals surface area contributed by atoms with Crippen LogP contribution in [0.5, 0.6) is 0 Å². The molecule has 1 atom stereocenters. The van der Waals surface area contributed by atoms with E-state index in [1.54, 1.807) is 35.5 Å². The Morgan fingerprint density at radius 2 is 2.25 bits per heavy atom. The number of hydrogen-bond donors (Lipinski definition) is 0. The fourth-order valence-corrected chi connectivity index (χ4v) is 4.26. The molecule has 0 bridgehead atoms. The lowest BCUT2D eigenvalue weighted by Gasteiger charge is -2.33. The van der Waals surface area contributed by atoms with Crippen molar-refractivity contribution < 1.29 is 9.53 Å². The quantitative estimate of drug-likeness (QED) is 0.658. The van der Waals surface area contributed by atoms with Crippen LogP contribution in [-0.4, -0.2) is 50.3 Å². The minimum Gasteiger partial charge on any atom is -0.378 e. The van der Waals surface area contributed by atoms with E-state index in [-0.39, 0.29) is 18.6 Å². The number of likely N-dealkylation sites (tertiary alicyclic amines) is 1. The van der Waals surface area contributed by atoms with E-state index in [9.17, 15) is 4.79 Å². The molecule has 1 amide bonds. The van der Waals surface area contributed by atoms with Gasteiger partial charge in [-0.05, 0) is 43.7 Å². The van der Waals surface area contributed by atoms with Gasteiger partial charge in [-0.15, -0.1) is 11.3 Å². The Kier molecular flexibility index (Phi) is 5.50. The first-order valence-electron chi connectivity index (χ1n) is 9.43. The van der Waals surface area contributed by atoms with Crippen molar-refractivity contribution in [1.82, 2.24) is 24.6 Å². The lowest BCUT2D eigenvalue weighted by Crippen LogP contribution is -2.42. The standard InChI is InChI=1S/C20H23N5O2S/c1-14-6-3-4-10-24(14)19(26)15-12-22-25(17(15)13-27-2)20-21-9-8-16(23-20)18-7-5-11-28-18/h5,7-9,11-12,14H,3-4,6,10,13H2,1-2H3. The minimum absolute atomic E-state index is 0.0000820. The van der Waals surface area contributed by atoms with Crippen molar-refractivity contribution in [1.29, 1.82) is 0 Å². The van der Waals surface area contributed by atoms with Gasteiger partial charge in [0.15, 0.2) is 0 Å². The number of ether oxygens (including phenoxy) is 1. The molecule has 146 valence electrons. The topological polar surface area (TPSA) is 73.1 Å². The highest BCUT2D eigenvalue weighted by molar-refractivity contribution is 7.13. The van der Waals surface area contributed by atoms with Crippen molar-refractivity contribution in [3.05, 3.63) is 47.2 Å². The lowest BCUT2D eigenvalue weighted by atomic mass is 10.0. The van der Waals surface area contributed by atoms with Crippen LogP contribution < -0.4 is 0 Å². The molecule has 0 radical (unpaired) electrons. The number of piperidine rings is 1. The molecule has 1 fully saturated rings. The fourth-order valence-electron chi connectivity index (χ4n) is 3.57. The van der Waals surface area contributed by atoms with Gasteiger partial charge < -0.3 is 9.64 Å². The highest BCUT2D eigenvalue weighted by Gasteiger charge is 2.28. The summed E-state index contributed by atoms with van der Waals surface area (Å²) in [6, 6.07) is 6.11. The van der Waals surface area contributed by atoms with Crippen molar-refractivity contribution in [2.24, 2.45) is 0 Å². The molecule has 8 heteroatoms. The Balaban J connectivity index is 1.71. The third-order valence-electron chi connectivity index (χ3n) is 5.05. The third kappa shape index (κ3) is 3.57. The second-order valence-electron chi connectivity index (χ2n) is 6.91. The molecule has 0 saturated carbocycles. The molecule has 1 aliphatic heterocycles. The first-order chi connectivity index (χ1) is 13.7. The number of thiophene rings is 1. The molecule has 1 aliphatic rings. The molecule has 1 saturated heterocycles. The van der Waals surface area contributed by atoms with Gasteiger partial charge in [0.2, 0.25) is 0 Å². The van der Waals surface area contributed by atoms with Crippen LogP contribution in [0.2, 0.25) is 0 Å². The largest absolute Gasteiger partial charge is 0.378 e. The molecule has 0 spiro atoms. The number of aromatic nitrogens is 4. The Hall–Kier alpha value is -2.58. The van der Waals surface area contributed by atoms with Crippen LogP contribution in [0.3, 0.4) is 0 Å². The van der Waals surface area contributed by atoms with Gasteiger partial charge in [0.05, 0.1) is 34.6 Å². The summed E-state index contributed by atoms with van der Waals surface area (Å²) in [7, 11) is 1.61. The van der Waals surface area contributed by atoms with Gasteiger partial charge in [0, 0.05) is 25.9 Å². The van der Waals surface area contributed by atoms with Gasteiger partial charge in [0.1, 0.15) is 0 Å². The summed E-state index contributed by atoms with van der Waals surface area (Å²) in [6.45, 7) is 3.14. The van der Waals surface area contributed by atoms with Crippen LogP contribution in [0, 0.1) is 0 Å². The van der Waals surface area contributed by atoms with E-state index in [2.05, 4.69) is 22.0 Å². The monoisotopic (exact) mass is 397 g/mol. The van der Waals surface area contributed by atoms with Crippen molar-refractivity contribution >= 4 is 17.2 Å². The molecule has 3 aromatic heterocycles. The molecule has 7 nitrogen and oxygen atoms in total. The predicted octanol–water partition coefficient (Wildman–Crippen LogP) is 3.55. The summed E-state index contributed by atoms with van der Waals surface area (Å²) in [4.78, 5) is 25.2. The number of methoxy groups -OCH3 is 1. The molecule has 28 heavy (non-hydrogen) atoms. The van der Waals surface area contributed by atoms with E-state index in [0.717, 1.165) is 30.0 Å². The van der Waals surface area contributed by atoms with Gasteiger partial charge in [-0.25, -0.2) is 9.97 Å². The number of amides is 1. The maximum atomic E-state index is 13.2. The zero-order valence-corrected chi connectivity index (χ0v) is 16.9. The molecule has 0 N–H and O–H groups in total. The average Bonchev–Trinajstić information content (AvgIpc) is 3.39. The van der Waals surface area contributed by atoms with E-state index in [1.165, 1.54) is 6.42 Å². The molecular weight excluding hydrogens is 374 g/mol. The van der Waals surface area contributed by atoms with Crippen LogP contribution in [0.4, 0.5) is 0 Å². The molecule has 3 aromatic rings. The van der Waals surface area contributed by atoms with Gasteiger partial charge in [-0.2, -0.15) is 9.78 Å². The normalized spacial score (nSPS) is 17.1. The van der Waals surface area contributed by atoms with Gasteiger partial charge in [0.25, 0.3) is 11.9 Å². The van der Waals surface area contributed by atoms with E-state index < -0.39 is 0 Å². The molecule has 4 rings (SSSR count). The maximum Gasteiger partial charge on any atom is 0.257 e. The number of hydrogen-bond acceptors (Lipinski definition) is 6. The van der Waals surface area contributed by atoms with E-state index in [1.807, 2.05) is 28.5 Å². The third-order valence-corrected chi connectivity index (χ3v) is 5.94. The average molecular weight is 398 g/mol. The number of carbonyl (C=O) groups excluding carboxylic acids is 1. The van der Waals surface area contributed by atoms with Gasteiger partial charge in [-0.1, -0.05) is 6.07 Å². The Labute approximate surface area is 168 Å². The summed E-state index contributed by atoms with van der Waals surface area (Å²) < 4.78 is 6.98. The van der Waals surface area contributed by atoms with Crippen LogP contribution in [0.25, 0.3) is 16.5 Å². The second-order valence-corrected chi connectivity index (χ2v) is 7.86. The fraction of sp³-hybridized carbons (Fsp3) is 0.400. The molecular formula is C20H23N5O2S. The van der Waals surface area contributed by atoms with Crippen LogP contribution >= 0.6 is 11.3 Å². The lowest BCUT2D eigenvalue weighted by molar-refractivity contribution is 0.0630. The molecule has 0 aromatic carbocycles. The molecule has 0 aliphatic carbocycles. The highest BCUT2D eigenvalue weighted by Crippen LogP contribution is 2.25. The Morgan fingerprint density at radius 1 is 1.36 bits per heavy atom. The van der Waals surface area contributed by atoms with E-state index in [4.69, 9.17) is 4.74 Å². The molecule has 1 unspecified atom stereocenters. The summed E-state index contributed by atoms with van der Waals surface area (Å²) >= 11 is 1.62. The van der Waals surface area contributed by atoms with Gasteiger partial charge in [-0.3, -0.25) is 4.79 Å². The first kappa shape index (κ1) is 18.8. The summed E-state index contributed by atoms with van der Waals surface area (Å²) in [5, 5.41) is 6.45. The second kappa shape index (κ2) is 8.20. The van der Waals surface area contributed by atoms with Crippen molar-refractivity contribution in [2.45, 2.75) is 38.8 Å². The zero-order chi connectivity index (χ0) is 19.5. The molecule has 4 heterocycles. The number of carbonyl (C=O) groups is 1. The summed E-state index contributed by atoms with van der Waals surface area (Å²) in [5.74, 6) is 0.434. The SMILES string of the molecule is COCc1c(C(=O)N2CCCCC2C)cnn1-c1nccc(-c2cccs2)n1.